The summed E-state index contributed by atoms with van der Waals surface area (Å²) in [6.45, 7) is 2.93. The highest BCUT2D eigenvalue weighted by atomic mass is 19.1. The van der Waals surface area contributed by atoms with Gasteiger partial charge in [-0.1, -0.05) is 12.1 Å². The van der Waals surface area contributed by atoms with Crippen molar-refractivity contribution in [2.75, 3.05) is 11.4 Å². The van der Waals surface area contributed by atoms with Crippen LogP contribution in [0.4, 0.5) is 10.1 Å². The lowest BCUT2D eigenvalue weighted by Crippen LogP contribution is -2.50. The van der Waals surface area contributed by atoms with Gasteiger partial charge < -0.3 is 9.32 Å². The molecule has 0 spiro atoms. The number of hydrogen-bond acceptors (Lipinski definition) is 3. The van der Waals surface area contributed by atoms with E-state index in [-0.39, 0.29) is 17.8 Å². The molecule has 2 heterocycles. The zero-order chi connectivity index (χ0) is 15.5. The lowest BCUT2D eigenvalue weighted by molar-refractivity contribution is -0.121. The molecule has 1 N–H and O–H groups in total. The minimum absolute atomic E-state index is 0.0837. The Morgan fingerprint density at radius 1 is 1.32 bits per heavy atom. The normalized spacial score (nSPS) is 18.7. The average Bonchev–Trinajstić information content (AvgIpc) is 2.93. The number of anilines is 1. The molecule has 4 nitrogen and oxygen atoms in total. The molecule has 22 heavy (non-hydrogen) atoms. The van der Waals surface area contributed by atoms with Gasteiger partial charge in [-0.2, -0.15) is 0 Å². The van der Waals surface area contributed by atoms with Gasteiger partial charge in [0, 0.05) is 6.54 Å². The van der Waals surface area contributed by atoms with Crippen LogP contribution in [0.1, 0.15) is 24.4 Å². The molecule has 1 fully saturated rings. The van der Waals surface area contributed by atoms with E-state index >= 15 is 0 Å². The second-order valence-corrected chi connectivity index (χ2v) is 5.53. The Bertz CT molecular complexity index is 668. The lowest BCUT2D eigenvalue weighted by Gasteiger charge is -2.32. The lowest BCUT2D eigenvalue weighted by atomic mass is 10.0. The van der Waals surface area contributed by atoms with Gasteiger partial charge >= 0.3 is 0 Å². The third kappa shape index (κ3) is 3.04. The molecule has 2 aromatic rings. The van der Waals surface area contributed by atoms with Gasteiger partial charge in [0.05, 0.1) is 18.3 Å². The minimum Gasteiger partial charge on any atom is -0.465 e. The van der Waals surface area contributed by atoms with Gasteiger partial charge in [0.1, 0.15) is 17.3 Å². The number of rotatable bonds is 4. The molecule has 0 saturated carbocycles. The second-order valence-electron chi connectivity index (χ2n) is 5.53. The predicted octanol–water partition coefficient (Wildman–Crippen LogP) is 3.01. The first kappa shape index (κ1) is 14.8. The molecule has 3 rings (SSSR count). The Labute approximate surface area is 128 Å². The molecule has 0 bridgehead atoms. The van der Waals surface area contributed by atoms with Crippen molar-refractivity contribution >= 4 is 11.6 Å². The van der Waals surface area contributed by atoms with Crippen molar-refractivity contribution in [3.05, 3.63) is 53.7 Å². The van der Waals surface area contributed by atoms with E-state index in [1.54, 1.807) is 18.2 Å². The van der Waals surface area contributed by atoms with Crippen LogP contribution in [-0.2, 0) is 11.3 Å². The smallest absolute Gasteiger partial charge is 0.244 e. The second kappa shape index (κ2) is 6.32. The number of aryl methyl sites for hydroxylation is 1. The number of carbonyl (C=O) groups is 1. The standard InChI is InChI=1S/C17H19FN2O2/c1-12-8-9-13(22-12)11-19-15-6-4-10-20(17(15)21)16-7-3-2-5-14(16)18/h2-3,5,7-9,15,19H,4,6,10-11H2,1H3. The summed E-state index contributed by atoms with van der Waals surface area (Å²) in [5, 5.41) is 3.21. The summed E-state index contributed by atoms with van der Waals surface area (Å²) in [6.07, 6.45) is 1.60. The molecular weight excluding hydrogens is 283 g/mol. The van der Waals surface area contributed by atoms with Gasteiger partial charge in [-0.15, -0.1) is 0 Å². The number of piperidine rings is 1. The molecule has 1 unspecified atom stereocenters. The Hall–Kier alpha value is -2.14. The summed E-state index contributed by atoms with van der Waals surface area (Å²) < 4.78 is 19.4. The van der Waals surface area contributed by atoms with Crippen LogP contribution in [0.3, 0.4) is 0 Å². The maximum Gasteiger partial charge on any atom is 0.244 e. The Morgan fingerprint density at radius 2 is 2.14 bits per heavy atom. The molecule has 116 valence electrons. The van der Waals surface area contributed by atoms with E-state index in [2.05, 4.69) is 5.32 Å². The van der Waals surface area contributed by atoms with Gasteiger partial charge in [-0.3, -0.25) is 10.1 Å². The van der Waals surface area contributed by atoms with Crippen LogP contribution in [0.25, 0.3) is 0 Å². The highest BCUT2D eigenvalue weighted by Gasteiger charge is 2.30. The van der Waals surface area contributed by atoms with Crippen LogP contribution in [0.5, 0.6) is 0 Å². The molecule has 5 heteroatoms. The number of carbonyl (C=O) groups excluding carboxylic acids is 1. The van der Waals surface area contributed by atoms with Crippen LogP contribution in [0.15, 0.2) is 40.8 Å². The zero-order valence-electron chi connectivity index (χ0n) is 12.5. The van der Waals surface area contributed by atoms with E-state index < -0.39 is 0 Å². The third-order valence-corrected chi connectivity index (χ3v) is 3.90. The Balaban J connectivity index is 1.69. The number of para-hydroxylation sites is 1. The molecular formula is C17H19FN2O2. The maximum absolute atomic E-state index is 13.9. The average molecular weight is 302 g/mol. The molecule has 1 aliphatic rings. The third-order valence-electron chi connectivity index (χ3n) is 3.90. The van der Waals surface area contributed by atoms with Crippen LogP contribution < -0.4 is 10.2 Å². The van der Waals surface area contributed by atoms with Crippen LogP contribution >= 0.6 is 0 Å². The van der Waals surface area contributed by atoms with E-state index in [0.717, 1.165) is 24.4 Å². The molecule has 0 radical (unpaired) electrons. The number of amides is 1. The maximum atomic E-state index is 13.9. The molecule has 1 saturated heterocycles. The fourth-order valence-corrected chi connectivity index (χ4v) is 2.78. The Morgan fingerprint density at radius 3 is 2.86 bits per heavy atom. The first-order valence-corrected chi connectivity index (χ1v) is 7.50. The van der Waals surface area contributed by atoms with E-state index in [9.17, 15) is 9.18 Å². The van der Waals surface area contributed by atoms with Gasteiger partial charge in [0.15, 0.2) is 0 Å². The summed E-state index contributed by atoms with van der Waals surface area (Å²) in [5.74, 6) is 1.20. The van der Waals surface area contributed by atoms with E-state index in [4.69, 9.17) is 4.42 Å². The van der Waals surface area contributed by atoms with Crippen molar-refractivity contribution in [1.29, 1.82) is 0 Å². The van der Waals surface area contributed by atoms with Gasteiger partial charge in [0.2, 0.25) is 5.91 Å². The van der Waals surface area contributed by atoms with E-state index in [1.165, 1.54) is 11.0 Å². The number of furan rings is 1. The van der Waals surface area contributed by atoms with Crippen molar-refractivity contribution in [2.45, 2.75) is 32.4 Å². The number of nitrogens with one attached hydrogen (secondary N) is 1. The fourth-order valence-electron chi connectivity index (χ4n) is 2.78. The monoisotopic (exact) mass is 302 g/mol. The van der Waals surface area contributed by atoms with E-state index in [1.807, 2.05) is 19.1 Å². The fraction of sp³-hybridized carbons (Fsp3) is 0.353. The number of halogens is 1. The molecule has 1 amide bonds. The zero-order valence-corrected chi connectivity index (χ0v) is 12.5. The van der Waals surface area contributed by atoms with Gasteiger partial charge in [0.25, 0.3) is 0 Å². The molecule has 1 atom stereocenters. The van der Waals surface area contributed by atoms with Gasteiger partial charge in [-0.25, -0.2) is 4.39 Å². The van der Waals surface area contributed by atoms with Crippen molar-refractivity contribution in [2.24, 2.45) is 0 Å². The largest absolute Gasteiger partial charge is 0.465 e. The highest BCUT2D eigenvalue weighted by molar-refractivity contribution is 5.98. The summed E-state index contributed by atoms with van der Waals surface area (Å²) >= 11 is 0. The van der Waals surface area contributed by atoms with Crippen LogP contribution in [0.2, 0.25) is 0 Å². The SMILES string of the molecule is Cc1ccc(CNC2CCCN(c3ccccc3F)C2=O)o1. The number of nitrogens with zero attached hydrogens (tertiary/aromatic N) is 1. The minimum atomic E-state index is -0.363. The Kier molecular flexibility index (Phi) is 4.24. The molecule has 1 aromatic carbocycles. The number of benzene rings is 1. The predicted molar refractivity (Wildman–Crippen MR) is 82.1 cm³/mol. The molecule has 1 aliphatic heterocycles. The van der Waals surface area contributed by atoms with Crippen molar-refractivity contribution in [1.82, 2.24) is 5.32 Å². The topological polar surface area (TPSA) is 45.5 Å². The first-order valence-electron chi connectivity index (χ1n) is 7.50. The molecule has 0 aliphatic carbocycles. The first-order chi connectivity index (χ1) is 10.6. The number of hydrogen-bond donors (Lipinski definition) is 1. The van der Waals surface area contributed by atoms with Crippen LogP contribution in [-0.4, -0.2) is 18.5 Å². The summed E-state index contributed by atoms with van der Waals surface area (Å²) in [4.78, 5) is 14.1. The summed E-state index contributed by atoms with van der Waals surface area (Å²) in [5.41, 5.74) is 0.354. The van der Waals surface area contributed by atoms with Crippen LogP contribution in [0, 0.1) is 12.7 Å². The summed E-state index contributed by atoms with van der Waals surface area (Å²) in [7, 11) is 0. The quantitative estimate of drug-likeness (QED) is 0.944. The highest BCUT2D eigenvalue weighted by Crippen LogP contribution is 2.24. The summed E-state index contributed by atoms with van der Waals surface area (Å²) in [6, 6.07) is 9.88. The molecule has 1 aromatic heterocycles. The van der Waals surface area contributed by atoms with Crippen molar-refractivity contribution < 1.29 is 13.6 Å². The van der Waals surface area contributed by atoms with Gasteiger partial charge in [-0.05, 0) is 44.0 Å². The van der Waals surface area contributed by atoms with Crippen molar-refractivity contribution in [3.63, 3.8) is 0 Å². The van der Waals surface area contributed by atoms with Crippen molar-refractivity contribution in [3.8, 4) is 0 Å². The van der Waals surface area contributed by atoms with E-state index in [0.29, 0.717) is 18.8 Å².